The van der Waals surface area contributed by atoms with Crippen LogP contribution in [0, 0.1) is 5.92 Å². The molecule has 18 heavy (non-hydrogen) atoms. The normalized spacial score (nSPS) is 27.4. The van der Waals surface area contributed by atoms with E-state index in [-0.39, 0.29) is 0 Å². The third kappa shape index (κ3) is 2.93. The molecule has 1 aliphatic heterocycles. The number of piperidine rings is 1. The summed E-state index contributed by atoms with van der Waals surface area (Å²) in [6.07, 6.45) is 2.25. The van der Waals surface area contributed by atoms with Gasteiger partial charge in [0.05, 0.1) is 0 Å². The third-order valence-corrected chi connectivity index (χ3v) is 4.10. The molecule has 0 saturated carbocycles. The average Bonchev–Trinajstić information content (AvgIpc) is 2.33. The summed E-state index contributed by atoms with van der Waals surface area (Å²) < 4.78 is 0. The highest BCUT2D eigenvalue weighted by molar-refractivity contribution is 5.20. The number of hydrogen-bond acceptors (Lipinski definition) is 2. The molecule has 1 aliphatic rings. The lowest BCUT2D eigenvalue weighted by Gasteiger charge is -2.43. The minimum Gasteiger partial charge on any atom is -0.328 e. The van der Waals surface area contributed by atoms with Crippen molar-refractivity contribution in [3.63, 3.8) is 0 Å². The van der Waals surface area contributed by atoms with E-state index in [2.05, 4.69) is 56.0 Å². The molecule has 3 unspecified atom stereocenters. The summed E-state index contributed by atoms with van der Waals surface area (Å²) in [4.78, 5) is 2.64. The summed E-state index contributed by atoms with van der Waals surface area (Å²) in [7, 11) is 0. The molecule has 2 N–H and O–H groups in total. The van der Waals surface area contributed by atoms with Crippen molar-refractivity contribution in [1.29, 1.82) is 0 Å². The Morgan fingerprint density at radius 1 is 1.22 bits per heavy atom. The second kappa shape index (κ2) is 5.85. The topological polar surface area (TPSA) is 29.3 Å². The fourth-order valence-electron chi connectivity index (χ4n) is 3.25. The Balaban J connectivity index is 2.21. The van der Waals surface area contributed by atoms with Crippen LogP contribution in [0.15, 0.2) is 30.3 Å². The van der Waals surface area contributed by atoms with Crippen molar-refractivity contribution in [2.24, 2.45) is 11.7 Å². The molecule has 0 bridgehead atoms. The van der Waals surface area contributed by atoms with Crippen LogP contribution in [0.3, 0.4) is 0 Å². The van der Waals surface area contributed by atoms with E-state index in [1.54, 1.807) is 0 Å². The lowest BCUT2D eigenvalue weighted by atomic mass is 9.89. The van der Waals surface area contributed by atoms with Gasteiger partial charge in [-0.1, -0.05) is 44.2 Å². The second-order valence-electron chi connectivity index (χ2n) is 5.97. The lowest BCUT2D eigenvalue weighted by molar-refractivity contribution is 0.0702. The summed E-state index contributed by atoms with van der Waals surface area (Å²) in [5.74, 6) is 0.629. The molecule has 0 amide bonds. The zero-order valence-corrected chi connectivity index (χ0v) is 11.8. The van der Waals surface area contributed by atoms with E-state index in [1.807, 2.05) is 0 Å². The van der Waals surface area contributed by atoms with E-state index < -0.39 is 0 Å². The molecule has 2 heteroatoms. The number of nitrogens with two attached hydrogens (primary N) is 1. The first-order valence-electron chi connectivity index (χ1n) is 7.16. The Kier molecular flexibility index (Phi) is 4.41. The van der Waals surface area contributed by atoms with E-state index in [0.717, 1.165) is 19.4 Å². The van der Waals surface area contributed by atoms with Gasteiger partial charge in [0.2, 0.25) is 0 Å². The summed E-state index contributed by atoms with van der Waals surface area (Å²) >= 11 is 0. The average molecular weight is 246 g/mol. The molecule has 100 valence electrons. The van der Waals surface area contributed by atoms with Crippen molar-refractivity contribution in [1.82, 2.24) is 4.90 Å². The highest BCUT2D eigenvalue weighted by atomic mass is 15.2. The molecule has 0 aromatic heterocycles. The zero-order valence-electron chi connectivity index (χ0n) is 11.8. The first-order chi connectivity index (χ1) is 8.59. The molecule has 1 fully saturated rings. The summed E-state index contributed by atoms with van der Waals surface area (Å²) in [6.45, 7) is 8.08. The van der Waals surface area contributed by atoms with Gasteiger partial charge in [0.25, 0.3) is 0 Å². The van der Waals surface area contributed by atoms with Crippen LogP contribution in [0.25, 0.3) is 0 Å². The van der Waals surface area contributed by atoms with Crippen LogP contribution < -0.4 is 5.73 Å². The third-order valence-electron chi connectivity index (χ3n) is 4.10. The van der Waals surface area contributed by atoms with Crippen molar-refractivity contribution in [3.8, 4) is 0 Å². The van der Waals surface area contributed by atoms with E-state index in [1.165, 1.54) is 5.56 Å². The maximum atomic E-state index is 6.08. The minimum atomic E-state index is 0.389. The van der Waals surface area contributed by atoms with Crippen LogP contribution >= 0.6 is 0 Å². The van der Waals surface area contributed by atoms with Crippen LogP contribution in [0.2, 0.25) is 0 Å². The van der Waals surface area contributed by atoms with Crippen molar-refractivity contribution < 1.29 is 0 Å². The standard InChI is InChI=1S/C16H26N2/c1-12(2)16(14-7-5-4-6-8-14)18-10-9-15(17)11-13(18)3/h4-8,12-13,15-16H,9-11,17H2,1-3H3. The molecule has 3 atom stereocenters. The van der Waals surface area contributed by atoms with Gasteiger partial charge in [-0.15, -0.1) is 0 Å². The van der Waals surface area contributed by atoms with Crippen molar-refractivity contribution >= 4 is 0 Å². The molecule has 0 spiro atoms. The second-order valence-corrected chi connectivity index (χ2v) is 5.97. The maximum absolute atomic E-state index is 6.08. The maximum Gasteiger partial charge on any atom is 0.0373 e. The van der Waals surface area contributed by atoms with Crippen LogP contribution in [0.5, 0.6) is 0 Å². The molecule has 1 saturated heterocycles. The van der Waals surface area contributed by atoms with Crippen LogP contribution in [0.4, 0.5) is 0 Å². The van der Waals surface area contributed by atoms with Gasteiger partial charge in [-0.25, -0.2) is 0 Å². The van der Waals surface area contributed by atoms with Gasteiger partial charge in [-0.05, 0) is 31.2 Å². The Hall–Kier alpha value is -0.860. The monoisotopic (exact) mass is 246 g/mol. The molecule has 1 aromatic carbocycles. The molecule has 0 aliphatic carbocycles. The van der Waals surface area contributed by atoms with Gasteiger partial charge in [-0.3, -0.25) is 4.90 Å². The van der Waals surface area contributed by atoms with Crippen molar-refractivity contribution in [3.05, 3.63) is 35.9 Å². The molecule has 0 radical (unpaired) electrons. The smallest absolute Gasteiger partial charge is 0.0373 e. The molecule has 1 aromatic rings. The zero-order chi connectivity index (χ0) is 13.1. The largest absolute Gasteiger partial charge is 0.328 e. The van der Waals surface area contributed by atoms with Crippen molar-refractivity contribution in [2.75, 3.05) is 6.54 Å². The van der Waals surface area contributed by atoms with Crippen LogP contribution in [0.1, 0.15) is 45.2 Å². The first kappa shape index (κ1) is 13.6. The predicted octanol–water partition coefficient (Wildman–Crippen LogP) is 3.20. The highest BCUT2D eigenvalue weighted by Gasteiger charge is 2.31. The van der Waals surface area contributed by atoms with Gasteiger partial charge >= 0.3 is 0 Å². The van der Waals surface area contributed by atoms with E-state index in [9.17, 15) is 0 Å². The molecular weight excluding hydrogens is 220 g/mol. The summed E-state index contributed by atoms with van der Waals surface area (Å²) in [5, 5.41) is 0. The van der Waals surface area contributed by atoms with Crippen LogP contribution in [-0.2, 0) is 0 Å². The van der Waals surface area contributed by atoms with Gasteiger partial charge in [0.15, 0.2) is 0 Å². The number of rotatable bonds is 3. The lowest BCUT2D eigenvalue weighted by Crippen LogP contribution is -2.48. The highest BCUT2D eigenvalue weighted by Crippen LogP contribution is 2.33. The Morgan fingerprint density at radius 2 is 1.89 bits per heavy atom. The molecule has 1 heterocycles. The van der Waals surface area contributed by atoms with Crippen molar-refractivity contribution in [2.45, 2.75) is 51.7 Å². The van der Waals surface area contributed by atoms with Gasteiger partial charge in [0.1, 0.15) is 0 Å². The first-order valence-corrected chi connectivity index (χ1v) is 7.16. The summed E-state index contributed by atoms with van der Waals surface area (Å²) in [5.41, 5.74) is 7.52. The van der Waals surface area contributed by atoms with E-state index in [4.69, 9.17) is 5.73 Å². The Bertz CT molecular complexity index is 361. The predicted molar refractivity (Wildman–Crippen MR) is 77.4 cm³/mol. The number of nitrogens with zero attached hydrogens (tertiary/aromatic N) is 1. The van der Waals surface area contributed by atoms with E-state index >= 15 is 0 Å². The molecule has 2 rings (SSSR count). The molecule has 2 nitrogen and oxygen atoms in total. The number of hydrogen-bond donors (Lipinski definition) is 1. The quantitative estimate of drug-likeness (QED) is 0.887. The minimum absolute atomic E-state index is 0.389. The number of benzene rings is 1. The SMILES string of the molecule is CC(C)C(c1ccccc1)N1CCC(N)CC1C. The van der Waals surface area contributed by atoms with E-state index in [0.29, 0.717) is 24.0 Å². The van der Waals surface area contributed by atoms with Gasteiger partial charge in [0, 0.05) is 24.7 Å². The van der Waals surface area contributed by atoms with Gasteiger partial charge in [-0.2, -0.15) is 0 Å². The number of likely N-dealkylation sites (tertiary alicyclic amines) is 1. The Labute approximate surface area is 111 Å². The fourth-order valence-corrected chi connectivity index (χ4v) is 3.25. The molecular formula is C16H26N2. The Morgan fingerprint density at radius 3 is 2.44 bits per heavy atom. The summed E-state index contributed by atoms with van der Waals surface area (Å²) in [6, 6.07) is 12.4. The fraction of sp³-hybridized carbons (Fsp3) is 0.625. The van der Waals surface area contributed by atoms with Gasteiger partial charge < -0.3 is 5.73 Å². The van der Waals surface area contributed by atoms with Crippen LogP contribution in [-0.4, -0.2) is 23.5 Å².